The van der Waals surface area contributed by atoms with Gasteiger partial charge in [0.2, 0.25) is 11.1 Å². The molecular formula is C11H19N5O2S. The van der Waals surface area contributed by atoms with E-state index in [9.17, 15) is 4.79 Å². The van der Waals surface area contributed by atoms with Crippen LogP contribution in [-0.2, 0) is 11.3 Å². The number of amides is 1. The average molecular weight is 285 g/mol. The van der Waals surface area contributed by atoms with E-state index in [1.165, 1.54) is 22.9 Å². The zero-order chi connectivity index (χ0) is 13.7. The highest BCUT2D eigenvalue weighted by atomic mass is 32.2. The molecule has 8 heteroatoms. The number of aliphatic hydroxyl groups is 1. The lowest BCUT2D eigenvalue weighted by Gasteiger charge is -2.28. The van der Waals surface area contributed by atoms with Crippen molar-refractivity contribution in [3.63, 3.8) is 0 Å². The summed E-state index contributed by atoms with van der Waals surface area (Å²) in [5.74, 6) is 0.142. The number of rotatable bonds is 5. The van der Waals surface area contributed by atoms with Crippen LogP contribution < -0.4 is 0 Å². The van der Waals surface area contributed by atoms with E-state index in [1.807, 2.05) is 11.8 Å². The molecule has 1 atom stereocenters. The second kappa shape index (κ2) is 6.85. The topological polar surface area (TPSA) is 84.1 Å². The van der Waals surface area contributed by atoms with E-state index < -0.39 is 0 Å². The highest BCUT2D eigenvalue weighted by Crippen LogP contribution is 2.23. The van der Waals surface area contributed by atoms with E-state index in [4.69, 9.17) is 5.11 Å². The number of piperidine rings is 1. The first-order chi connectivity index (χ1) is 9.22. The summed E-state index contributed by atoms with van der Waals surface area (Å²) >= 11 is 1.34. The summed E-state index contributed by atoms with van der Waals surface area (Å²) in [6, 6.07) is 0. The number of likely N-dealkylation sites (tertiary alicyclic amines) is 1. The Hall–Kier alpha value is -1.15. The van der Waals surface area contributed by atoms with Gasteiger partial charge in [0.15, 0.2) is 0 Å². The van der Waals surface area contributed by atoms with Crippen molar-refractivity contribution in [1.29, 1.82) is 0 Å². The number of aromatic nitrogens is 4. The van der Waals surface area contributed by atoms with Gasteiger partial charge in [0.25, 0.3) is 0 Å². The number of thioether (sulfide) groups is 1. The van der Waals surface area contributed by atoms with Crippen LogP contribution in [0.25, 0.3) is 0 Å². The van der Waals surface area contributed by atoms with Crippen LogP contribution in [0.15, 0.2) is 5.16 Å². The maximum absolute atomic E-state index is 12.3. The molecule has 2 rings (SSSR count). The van der Waals surface area contributed by atoms with Gasteiger partial charge in [0.1, 0.15) is 0 Å². The molecule has 19 heavy (non-hydrogen) atoms. The molecule has 0 aromatic carbocycles. The van der Waals surface area contributed by atoms with Crippen molar-refractivity contribution in [2.45, 2.75) is 43.1 Å². The van der Waals surface area contributed by atoms with Gasteiger partial charge in [-0.25, -0.2) is 4.68 Å². The van der Waals surface area contributed by atoms with E-state index in [1.54, 1.807) is 0 Å². The van der Waals surface area contributed by atoms with E-state index in [2.05, 4.69) is 15.5 Å². The van der Waals surface area contributed by atoms with Gasteiger partial charge in [0, 0.05) is 13.1 Å². The molecule has 1 aliphatic heterocycles. The van der Waals surface area contributed by atoms with E-state index in [0.29, 0.717) is 11.7 Å². The molecule has 1 aliphatic rings. The average Bonchev–Trinajstić information content (AvgIpc) is 2.86. The quantitative estimate of drug-likeness (QED) is 0.776. The van der Waals surface area contributed by atoms with E-state index in [-0.39, 0.29) is 17.8 Å². The van der Waals surface area contributed by atoms with E-state index in [0.717, 1.165) is 25.9 Å². The van der Waals surface area contributed by atoms with Gasteiger partial charge < -0.3 is 10.0 Å². The molecule has 1 aromatic rings. The molecular weight excluding hydrogens is 266 g/mol. The summed E-state index contributed by atoms with van der Waals surface area (Å²) in [5, 5.41) is 20.5. The minimum atomic E-state index is -0.207. The van der Waals surface area contributed by atoms with E-state index >= 15 is 0 Å². The summed E-state index contributed by atoms with van der Waals surface area (Å²) in [7, 11) is 0. The van der Waals surface area contributed by atoms with Crippen molar-refractivity contribution in [2.75, 3.05) is 19.7 Å². The van der Waals surface area contributed by atoms with Crippen LogP contribution in [0.1, 0.15) is 26.2 Å². The molecule has 1 saturated heterocycles. The van der Waals surface area contributed by atoms with Gasteiger partial charge in [0.05, 0.1) is 18.4 Å². The number of nitrogens with zero attached hydrogens (tertiary/aromatic N) is 5. The predicted molar refractivity (Wildman–Crippen MR) is 70.7 cm³/mol. The fourth-order valence-electron chi connectivity index (χ4n) is 2.10. The molecule has 0 radical (unpaired) electrons. The number of aliphatic hydroxyl groups excluding tert-OH is 1. The number of tetrazole rings is 1. The summed E-state index contributed by atoms with van der Waals surface area (Å²) in [6.45, 7) is 3.91. The lowest BCUT2D eigenvalue weighted by Crippen LogP contribution is -2.40. The normalized spacial score (nSPS) is 17.5. The van der Waals surface area contributed by atoms with Crippen LogP contribution >= 0.6 is 11.8 Å². The Labute approximate surface area is 116 Å². The highest BCUT2D eigenvalue weighted by molar-refractivity contribution is 8.00. The highest BCUT2D eigenvalue weighted by Gasteiger charge is 2.24. The van der Waals surface area contributed by atoms with Crippen LogP contribution in [0.4, 0.5) is 0 Å². The monoisotopic (exact) mass is 285 g/mol. The smallest absolute Gasteiger partial charge is 0.235 e. The zero-order valence-corrected chi connectivity index (χ0v) is 11.8. The zero-order valence-electron chi connectivity index (χ0n) is 11.0. The van der Waals surface area contributed by atoms with Crippen LogP contribution in [0.2, 0.25) is 0 Å². The van der Waals surface area contributed by atoms with Crippen LogP contribution in [0, 0.1) is 0 Å². The second-order valence-electron chi connectivity index (χ2n) is 4.55. The van der Waals surface area contributed by atoms with Crippen LogP contribution in [-0.4, -0.2) is 61.1 Å². The third-order valence-corrected chi connectivity index (χ3v) is 4.17. The molecule has 106 valence electrons. The molecule has 1 aromatic heterocycles. The van der Waals surface area contributed by atoms with Gasteiger partial charge in [-0.3, -0.25) is 4.79 Å². The lowest BCUT2D eigenvalue weighted by molar-refractivity contribution is -0.131. The maximum atomic E-state index is 12.3. The Kier molecular flexibility index (Phi) is 5.15. The van der Waals surface area contributed by atoms with Gasteiger partial charge >= 0.3 is 0 Å². The molecule has 0 spiro atoms. The Balaban J connectivity index is 1.93. The standard InChI is InChI=1S/C11H19N5O2S/c1-9(10(18)15-5-3-2-4-6-15)19-11-12-13-14-16(11)7-8-17/h9,17H,2-8H2,1H3. The largest absolute Gasteiger partial charge is 0.394 e. The summed E-state index contributed by atoms with van der Waals surface area (Å²) in [4.78, 5) is 14.2. The Morgan fingerprint density at radius 2 is 2.16 bits per heavy atom. The van der Waals surface area contributed by atoms with Gasteiger partial charge in [-0.15, -0.1) is 5.10 Å². The molecule has 1 fully saturated rings. The Morgan fingerprint density at radius 3 is 2.84 bits per heavy atom. The minimum absolute atomic E-state index is 0.0208. The molecule has 1 N–H and O–H groups in total. The SMILES string of the molecule is CC(Sc1nnnn1CCO)C(=O)N1CCCCC1. The maximum Gasteiger partial charge on any atom is 0.235 e. The third kappa shape index (κ3) is 3.66. The molecule has 0 aliphatic carbocycles. The molecule has 2 heterocycles. The summed E-state index contributed by atoms with van der Waals surface area (Å²) in [5.41, 5.74) is 0. The molecule has 1 unspecified atom stereocenters. The molecule has 7 nitrogen and oxygen atoms in total. The number of hydrogen-bond donors (Lipinski definition) is 1. The number of hydrogen-bond acceptors (Lipinski definition) is 6. The Bertz CT molecular complexity index is 419. The summed E-state index contributed by atoms with van der Waals surface area (Å²) in [6.07, 6.45) is 3.39. The van der Waals surface area contributed by atoms with Crippen LogP contribution in [0.3, 0.4) is 0 Å². The molecule has 0 bridgehead atoms. The molecule has 1 amide bonds. The van der Waals surface area contributed by atoms with Crippen molar-refractivity contribution >= 4 is 17.7 Å². The number of carbonyl (C=O) groups excluding carboxylic acids is 1. The first kappa shape index (κ1) is 14.3. The number of carbonyl (C=O) groups is 1. The van der Waals surface area contributed by atoms with Crippen LogP contribution in [0.5, 0.6) is 0 Å². The first-order valence-electron chi connectivity index (χ1n) is 6.55. The third-order valence-electron chi connectivity index (χ3n) is 3.11. The Morgan fingerprint density at radius 1 is 1.42 bits per heavy atom. The van der Waals surface area contributed by atoms with Gasteiger partial charge in [-0.2, -0.15) is 0 Å². The molecule has 0 saturated carbocycles. The van der Waals surface area contributed by atoms with Crippen molar-refractivity contribution in [2.24, 2.45) is 0 Å². The van der Waals surface area contributed by atoms with Gasteiger partial charge in [-0.1, -0.05) is 11.8 Å². The van der Waals surface area contributed by atoms with Crippen molar-refractivity contribution in [3.05, 3.63) is 0 Å². The lowest BCUT2D eigenvalue weighted by atomic mass is 10.1. The van der Waals surface area contributed by atoms with Crippen molar-refractivity contribution in [1.82, 2.24) is 25.1 Å². The fourth-order valence-corrected chi connectivity index (χ4v) is 3.00. The minimum Gasteiger partial charge on any atom is -0.394 e. The predicted octanol–water partition coefficient (Wildman–Crippen LogP) is 0.158. The fraction of sp³-hybridized carbons (Fsp3) is 0.818. The summed E-state index contributed by atoms with van der Waals surface area (Å²) < 4.78 is 1.52. The second-order valence-corrected chi connectivity index (χ2v) is 5.86. The van der Waals surface area contributed by atoms with Crippen molar-refractivity contribution in [3.8, 4) is 0 Å². The first-order valence-corrected chi connectivity index (χ1v) is 7.43. The van der Waals surface area contributed by atoms with Crippen molar-refractivity contribution < 1.29 is 9.90 Å². The van der Waals surface area contributed by atoms with Gasteiger partial charge in [-0.05, 0) is 36.6 Å².